The molecule has 1 aliphatic heterocycles. The molecule has 2 aliphatic rings. The zero-order valence-corrected chi connectivity index (χ0v) is 18.1. The largest absolute Gasteiger partial charge is 0.393 e. The van der Waals surface area contributed by atoms with Crippen LogP contribution in [-0.2, 0) is 10.0 Å². The summed E-state index contributed by atoms with van der Waals surface area (Å²) in [5.74, 6) is -0.562. The highest BCUT2D eigenvalue weighted by atomic mass is 32.2. The Hall–Kier alpha value is -2.18. The Balaban J connectivity index is 1.69. The first kappa shape index (κ1) is 17.3. The monoisotopic (exact) mass is 476 g/mol. The van der Waals surface area contributed by atoms with Gasteiger partial charge in [0.2, 0.25) is 16.0 Å². The number of rotatable bonds is 5. The number of pyridine rings is 1. The van der Waals surface area contributed by atoms with Crippen LogP contribution >= 0.6 is 0 Å². The lowest BCUT2D eigenvalue weighted by molar-refractivity contribution is 0.127. The van der Waals surface area contributed by atoms with Crippen LogP contribution in [0, 0.1) is 5.92 Å². The van der Waals surface area contributed by atoms with E-state index in [0.717, 1.165) is 14.9 Å². The van der Waals surface area contributed by atoms with Crippen LogP contribution in [0.1, 0.15) is 57.5 Å². The van der Waals surface area contributed by atoms with Crippen LogP contribution in [0.2, 0.25) is 0 Å². The van der Waals surface area contributed by atoms with Crippen molar-refractivity contribution < 1.29 is 29.2 Å². The minimum atomic E-state index is -4.54. The molecular weight excluding hydrogens is 444 g/mol. The highest BCUT2D eigenvalue weighted by molar-refractivity contribution is 7.88. The standard InChI is InChI=1S/C20H27F2N5O4S/c1-11-15(3-4-16(11)28)27-18-12(9-14(17(21)22)19(27)29)10-23-20(25-18)24-13-5-7-26(8-6-13)32(2,30)31/h9-11,13,15-17,28H,3-8H2,1-2H3,(H,23,24,25)/t11-,15+,16+/m1/s1/i2D3,13D,17D. The van der Waals surface area contributed by atoms with E-state index >= 15 is 0 Å². The van der Waals surface area contributed by atoms with E-state index < -0.39 is 57.8 Å². The summed E-state index contributed by atoms with van der Waals surface area (Å²) in [7, 11) is -4.54. The Kier molecular flexibility index (Phi) is 4.67. The predicted octanol–water partition coefficient (Wildman–Crippen LogP) is 1.90. The highest BCUT2D eigenvalue weighted by Crippen LogP contribution is 2.37. The molecule has 9 nitrogen and oxygen atoms in total. The van der Waals surface area contributed by atoms with Crippen LogP contribution in [0.25, 0.3) is 11.0 Å². The number of hydrogen-bond acceptors (Lipinski definition) is 7. The molecule has 12 heteroatoms. The lowest BCUT2D eigenvalue weighted by Gasteiger charge is -2.30. The molecule has 0 unspecified atom stereocenters. The Labute approximate surface area is 191 Å². The van der Waals surface area contributed by atoms with Crippen molar-refractivity contribution in [3.63, 3.8) is 0 Å². The van der Waals surface area contributed by atoms with Gasteiger partial charge >= 0.3 is 0 Å². The maximum absolute atomic E-state index is 14.0. The van der Waals surface area contributed by atoms with E-state index in [0.29, 0.717) is 12.8 Å². The number of piperidine rings is 1. The second-order valence-electron chi connectivity index (χ2n) is 8.17. The number of aromatic nitrogens is 3. The van der Waals surface area contributed by atoms with Crippen LogP contribution in [0.3, 0.4) is 0 Å². The van der Waals surface area contributed by atoms with Gasteiger partial charge in [-0.05, 0) is 31.7 Å². The third kappa shape index (κ3) is 4.35. The molecule has 1 saturated carbocycles. The molecule has 176 valence electrons. The molecule has 0 radical (unpaired) electrons. The van der Waals surface area contributed by atoms with E-state index in [1.54, 1.807) is 6.92 Å². The summed E-state index contributed by atoms with van der Waals surface area (Å²) in [4.78, 5) is 21.5. The molecule has 0 amide bonds. The van der Waals surface area contributed by atoms with E-state index in [1.165, 1.54) is 6.20 Å². The number of hydrogen-bond donors (Lipinski definition) is 2. The first-order valence-electron chi connectivity index (χ1n) is 12.7. The highest BCUT2D eigenvalue weighted by Gasteiger charge is 2.35. The minimum absolute atomic E-state index is 0.00698. The van der Waals surface area contributed by atoms with Crippen LogP contribution in [-0.4, -0.2) is 63.8 Å². The lowest BCUT2D eigenvalue weighted by atomic mass is 10.0. The van der Waals surface area contributed by atoms with Gasteiger partial charge in [0.05, 0.1) is 19.2 Å². The van der Waals surface area contributed by atoms with Gasteiger partial charge in [0, 0.05) is 46.8 Å². The summed E-state index contributed by atoms with van der Waals surface area (Å²) >= 11 is 0. The number of anilines is 1. The second kappa shape index (κ2) is 8.64. The molecule has 3 atom stereocenters. The summed E-state index contributed by atoms with van der Waals surface area (Å²) in [5, 5.41) is 13.1. The molecule has 1 saturated heterocycles. The zero-order valence-electron chi connectivity index (χ0n) is 22.3. The molecule has 32 heavy (non-hydrogen) atoms. The van der Waals surface area contributed by atoms with Crippen LogP contribution in [0.15, 0.2) is 17.1 Å². The molecular formula is C20H27F2N5O4S. The summed E-state index contributed by atoms with van der Waals surface area (Å²) < 4.78 is 91.7. The number of nitrogens with zero attached hydrogens (tertiary/aromatic N) is 4. The molecule has 2 aromatic heterocycles. The van der Waals surface area contributed by atoms with E-state index in [9.17, 15) is 27.1 Å². The number of halogens is 2. The van der Waals surface area contributed by atoms with Crippen molar-refractivity contribution in [2.24, 2.45) is 5.92 Å². The molecule has 3 heterocycles. The normalized spacial score (nSPS) is 29.6. The fraction of sp³-hybridized carbons (Fsp3) is 0.650. The Morgan fingerprint density at radius 2 is 2.06 bits per heavy atom. The average molecular weight is 477 g/mol. The third-order valence-electron chi connectivity index (χ3n) is 6.23. The number of aliphatic hydroxyl groups excluding tert-OH is 1. The average Bonchev–Trinajstić information content (AvgIpc) is 3.10. The fourth-order valence-electron chi connectivity index (χ4n) is 4.39. The first-order valence-corrected chi connectivity index (χ1v) is 11.7. The summed E-state index contributed by atoms with van der Waals surface area (Å²) in [5.41, 5.74) is -2.16. The van der Waals surface area contributed by atoms with Crippen molar-refractivity contribution in [1.82, 2.24) is 18.8 Å². The predicted molar refractivity (Wildman–Crippen MR) is 115 cm³/mol. The van der Waals surface area contributed by atoms with E-state index in [2.05, 4.69) is 15.3 Å². The molecule has 2 N–H and O–H groups in total. The maximum Gasteiger partial charge on any atom is 0.269 e. The lowest BCUT2D eigenvalue weighted by Crippen LogP contribution is -2.42. The van der Waals surface area contributed by atoms with Gasteiger partial charge < -0.3 is 10.4 Å². The van der Waals surface area contributed by atoms with Gasteiger partial charge in [-0.3, -0.25) is 9.36 Å². The third-order valence-corrected chi connectivity index (χ3v) is 7.28. The van der Waals surface area contributed by atoms with Crippen molar-refractivity contribution in [2.75, 3.05) is 24.6 Å². The zero-order chi connectivity index (χ0) is 27.6. The number of nitrogens with one attached hydrogen (secondary N) is 1. The van der Waals surface area contributed by atoms with E-state index in [4.69, 9.17) is 6.85 Å². The second-order valence-corrected chi connectivity index (χ2v) is 9.64. The molecule has 0 bridgehead atoms. The molecule has 1 aliphatic carbocycles. The maximum atomic E-state index is 14.0. The number of sulfonamides is 1. The van der Waals surface area contributed by atoms with Gasteiger partial charge in [-0.25, -0.2) is 26.5 Å². The number of fused-ring (bicyclic) bond motifs is 1. The SMILES string of the molecule is [2H]C1(Nc2ncc3cc(C([2H])(F)F)c(=O)n([C@H]4CC[C@H](O)[C@@H]4C)c3n2)CCN(S(=O)(=O)C([2H])([2H])[2H])CC1. The first-order chi connectivity index (χ1) is 16.9. The van der Waals surface area contributed by atoms with Gasteiger partial charge in [0.1, 0.15) is 7.02 Å². The van der Waals surface area contributed by atoms with Crippen LogP contribution in [0.4, 0.5) is 14.7 Å². The smallest absolute Gasteiger partial charge is 0.269 e. The molecule has 2 aromatic rings. The molecule has 4 rings (SSSR count). The number of alkyl halides is 2. The Morgan fingerprint density at radius 1 is 1.34 bits per heavy atom. The van der Waals surface area contributed by atoms with Gasteiger partial charge in [-0.1, -0.05) is 6.92 Å². The van der Waals surface area contributed by atoms with Crippen molar-refractivity contribution in [3.05, 3.63) is 28.2 Å². The Bertz CT molecular complexity index is 1360. The van der Waals surface area contributed by atoms with Crippen molar-refractivity contribution in [3.8, 4) is 0 Å². The van der Waals surface area contributed by atoms with Crippen molar-refractivity contribution in [2.45, 2.75) is 57.2 Å². The Morgan fingerprint density at radius 3 is 2.66 bits per heavy atom. The summed E-state index contributed by atoms with van der Waals surface area (Å²) in [6.07, 6.45) is -6.45. The number of aliphatic hydroxyl groups is 1. The molecule has 2 fully saturated rings. The molecule has 0 spiro atoms. The quantitative estimate of drug-likeness (QED) is 0.677. The summed E-state index contributed by atoms with van der Waals surface area (Å²) in [6, 6.07) is -1.27. The summed E-state index contributed by atoms with van der Waals surface area (Å²) in [6.45, 7) is 1.23. The minimum Gasteiger partial charge on any atom is -0.393 e. The topological polar surface area (TPSA) is 117 Å². The van der Waals surface area contributed by atoms with Gasteiger partial charge in [-0.2, -0.15) is 4.98 Å². The van der Waals surface area contributed by atoms with Gasteiger partial charge in [-0.15, -0.1) is 0 Å². The van der Waals surface area contributed by atoms with E-state index in [-0.39, 0.29) is 42.9 Å². The van der Waals surface area contributed by atoms with Gasteiger partial charge in [0.15, 0.2) is 0 Å². The molecule has 0 aromatic carbocycles. The van der Waals surface area contributed by atoms with Crippen LogP contribution < -0.4 is 10.9 Å². The van der Waals surface area contributed by atoms with Crippen molar-refractivity contribution in [1.29, 1.82) is 0 Å². The van der Waals surface area contributed by atoms with Gasteiger partial charge in [0.25, 0.3) is 12.0 Å². The van der Waals surface area contributed by atoms with Crippen molar-refractivity contribution >= 4 is 27.0 Å². The fourth-order valence-corrected chi connectivity index (χ4v) is 5.05. The van der Waals surface area contributed by atoms with E-state index in [1.807, 2.05) is 0 Å². The van der Waals surface area contributed by atoms with Crippen LogP contribution in [0.5, 0.6) is 0 Å².